The van der Waals surface area contributed by atoms with Crippen molar-refractivity contribution < 1.29 is 9.84 Å². The van der Waals surface area contributed by atoms with Gasteiger partial charge in [-0.1, -0.05) is 26.0 Å². The van der Waals surface area contributed by atoms with Crippen LogP contribution < -0.4 is 5.43 Å². The number of likely N-dealkylation sites (N-methyl/N-ethyl adjacent to an activating group) is 1. The largest absolute Gasteiger partial charge is 0.504 e. The van der Waals surface area contributed by atoms with Gasteiger partial charge in [-0.05, 0) is 31.0 Å². The SMILES string of the molecule is CC(C)c1ccc(CN2CCC3OCCN(C)C3C2)c(O)c(=O)c1. The third-order valence-corrected chi connectivity index (χ3v) is 5.32. The van der Waals surface area contributed by atoms with Crippen molar-refractivity contribution in [3.8, 4) is 5.75 Å². The molecule has 2 aliphatic heterocycles. The highest BCUT2D eigenvalue weighted by Crippen LogP contribution is 2.24. The molecule has 24 heavy (non-hydrogen) atoms. The molecular formula is C19H28N2O3. The summed E-state index contributed by atoms with van der Waals surface area (Å²) in [6, 6.07) is 5.81. The van der Waals surface area contributed by atoms with E-state index in [0.717, 1.165) is 38.2 Å². The molecule has 1 N–H and O–H groups in total. The Labute approximate surface area is 143 Å². The Kier molecular flexibility index (Phi) is 5.23. The molecule has 0 aromatic heterocycles. The highest BCUT2D eigenvalue weighted by molar-refractivity contribution is 5.34. The van der Waals surface area contributed by atoms with E-state index in [4.69, 9.17) is 4.74 Å². The fourth-order valence-corrected chi connectivity index (χ4v) is 3.68. The molecule has 2 aliphatic rings. The van der Waals surface area contributed by atoms with Crippen LogP contribution in [0.3, 0.4) is 0 Å². The molecule has 2 heterocycles. The van der Waals surface area contributed by atoms with Gasteiger partial charge in [0.15, 0.2) is 5.75 Å². The van der Waals surface area contributed by atoms with Crippen LogP contribution in [0.25, 0.3) is 0 Å². The Morgan fingerprint density at radius 1 is 1.33 bits per heavy atom. The molecular weight excluding hydrogens is 304 g/mol. The van der Waals surface area contributed by atoms with Crippen LogP contribution in [0.1, 0.15) is 37.3 Å². The van der Waals surface area contributed by atoms with Crippen molar-refractivity contribution in [1.82, 2.24) is 9.80 Å². The molecule has 132 valence electrons. The van der Waals surface area contributed by atoms with Crippen molar-refractivity contribution in [2.45, 2.75) is 44.9 Å². The quantitative estimate of drug-likeness (QED) is 0.914. The van der Waals surface area contributed by atoms with E-state index in [1.165, 1.54) is 0 Å². The summed E-state index contributed by atoms with van der Waals surface area (Å²) in [6.45, 7) is 8.31. The van der Waals surface area contributed by atoms with Gasteiger partial charge in [0, 0.05) is 37.8 Å². The van der Waals surface area contributed by atoms with Gasteiger partial charge in [0.25, 0.3) is 0 Å². The lowest BCUT2D eigenvalue weighted by Gasteiger charge is -2.45. The van der Waals surface area contributed by atoms with Crippen molar-refractivity contribution in [2.75, 3.05) is 33.3 Å². The van der Waals surface area contributed by atoms with Gasteiger partial charge in [0.1, 0.15) is 0 Å². The average molecular weight is 332 g/mol. The second-order valence-electron chi connectivity index (χ2n) is 7.35. The van der Waals surface area contributed by atoms with Crippen LogP contribution in [-0.2, 0) is 11.3 Å². The molecule has 0 bridgehead atoms. The molecule has 0 saturated carbocycles. The molecule has 0 amide bonds. The number of piperidine rings is 1. The lowest BCUT2D eigenvalue weighted by atomic mass is 9.98. The van der Waals surface area contributed by atoms with Gasteiger partial charge < -0.3 is 9.84 Å². The molecule has 2 atom stereocenters. The topological polar surface area (TPSA) is 53.0 Å². The molecule has 1 aromatic rings. The molecule has 5 nitrogen and oxygen atoms in total. The van der Waals surface area contributed by atoms with Gasteiger partial charge in [-0.25, -0.2) is 0 Å². The Bertz CT molecular complexity index is 647. The van der Waals surface area contributed by atoms with Crippen LogP contribution >= 0.6 is 0 Å². The van der Waals surface area contributed by atoms with E-state index in [2.05, 4.69) is 30.7 Å². The van der Waals surface area contributed by atoms with Crippen LogP contribution in [0, 0.1) is 0 Å². The molecule has 1 aromatic carbocycles. The lowest BCUT2D eigenvalue weighted by Crippen LogP contribution is -2.58. The Morgan fingerprint density at radius 2 is 2.12 bits per heavy atom. The summed E-state index contributed by atoms with van der Waals surface area (Å²) in [5, 5.41) is 10.3. The maximum Gasteiger partial charge on any atom is 0.220 e. The number of hydrogen-bond acceptors (Lipinski definition) is 5. The first-order valence-corrected chi connectivity index (χ1v) is 8.86. The minimum atomic E-state index is -0.285. The normalized spacial score (nSPS) is 25.7. The van der Waals surface area contributed by atoms with Crippen molar-refractivity contribution in [2.24, 2.45) is 0 Å². The van der Waals surface area contributed by atoms with E-state index in [1.54, 1.807) is 6.07 Å². The highest BCUT2D eigenvalue weighted by atomic mass is 16.5. The van der Waals surface area contributed by atoms with Crippen molar-refractivity contribution in [3.05, 3.63) is 39.5 Å². The Hall–Kier alpha value is -1.43. The number of ether oxygens (including phenoxy) is 1. The van der Waals surface area contributed by atoms with Crippen molar-refractivity contribution in [3.63, 3.8) is 0 Å². The first-order valence-electron chi connectivity index (χ1n) is 8.86. The van der Waals surface area contributed by atoms with Gasteiger partial charge in [-0.2, -0.15) is 0 Å². The third kappa shape index (κ3) is 3.63. The zero-order valence-electron chi connectivity index (χ0n) is 14.9. The molecule has 0 aliphatic carbocycles. The van der Waals surface area contributed by atoms with E-state index < -0.39 is 0 Å². The number of aromatic hydroxyl groups is 1. The standard InChI is InChI=1S/C19H28N2O3/c1-13(2)14-4-5-15(19(23)17(22)10-14)11-21-7-6-18-16(12-21)20(3)8-9-24-18/h4-5,10,13,16,18H,6-9,11-12H2,1-3H3,(H,22,23). The van der Waals surface area contributed by atoms with E-state index in [-0.39, 0.29) is 17.1 Å². The molecule has 2 fully saturated rings. The minimum absolute atomic E-state index is 0.114. The molecule has 5 heteroatoms. The third-order valence-electron chi connectivity index (χ3n) is 5.32. The summed E-state index contributed by atoms with van der Waals surface area (Å²) >= 11 is 0. The average Bonchev–Trinajstić information content (AvgIpc) is 2.69. The van der Waals surface area contributed by atoms with Crippen LogP contribution in [0.4, 0.5) is 0 Å². The number of morpholine rings is 1. The Balaban J connectivity index is 1.78. The van der Waals surface area contributed by atoms with Gasteiger partial charge in [-0.3, -0.25) is 14.6 Å². The molecule has 3 rings (SSSR count). The number of nitrogens with zero attached hydrogens (tertiary/aromatic N) is 2. The summed E-state index contributed by atoms with van der Waals surface area (Å²) in [6.07, 6.45) is 1.30. The molecule has 2 unspecified atom stereocenters. The van der Waals surface area contributed by atoms with E-state index >= 15 is 0 Å². The van der Waals surface area contributed by atoms with Crippen LogP contribution in [0.15, 0.2) is 23.0 Å². The van der Waals surface area contributed by atoms with Gasteiger partial charge in [-0.15, -0.1) is 0 Å². The van der Waals surface area contributed by atoms with Crippen LogP contribution in [-0.4, -0.2) is 60.3 Å². The van der Waals surface area contributed by atoms with Gasteiger partial charge in [0.2, 0.25) is 5.43 Å². The van der Waals surface area contributed by atoms with Gasteiger partial charge in [0.05, 0.1) is 12.7 Å². The second kappa shape index (κ2) is 7.21. The van der Waals surface area contributed by atoms with E-state index in [1.807, 2.05) is 12.1 Å². The maximum atomic E-state index is 12.2. The predicted octanol–water partition coefficient (Wildman–Crippen LogP) is 1.78. The number of hydrogen-bond donors (Lipinski definition) is 1. The van der Waals surface area contributed by atoms with Crippen molar-refractivity contribution >= 4 is 0 Å². The lowest BCUT2D eigenvalue weighted by molar-refractivity contribution is -0.0957. The smallest absolute Gasteiger partial charge is 0.220 e. The zero-order chi connectivity index (χ0) is 17.3. The highest BCUT2D eigenvalue weighted by Gasteiger charge is 2.35. The number of likely N-dealkylation sites (tertiary alicyclic amines) is 1. The fraction of sp³-hybridized carbons (Fsp3) is 0.632. The number of fused-ring (bicyclic) bond motifs is 1. The van der Waals surface area contributed by atoms with Crippen LogP contribution in [0.5, 0.6) is 5.75 Å². The summed E-state index contributed by atoms with van der Waals surface area (Å²) in [7, 11) is 2.15. The maximum absolute atomic E-state index is 12.2. The zero-order valence-corrected chi connectivity index (χ0v) is 14.9. The fourth-order valence-electron chi connectivity index (χ4n) is 3.68. The van der Waals surface area contributed by atoms with Crippen LogP contribution in [0.2, 0.25) is 0 Å². The first-order chi connectivity index (χ1) is 11.5. The monoisotopic (exact) mass is 332 g/mol. The molecule has 0 radical (unpaired) electrons. The second-order valence-corrected chi connectivity index (χ2v) is 7.35. The van der Waals surface area contributed by atoms with E-state index in [9.17, 15) is 9.90 Å². The van der Waals surface area contributed by atoms with E-state index in [0.29, 0.717) is 24.3 Å². The molecule has 0 spiro atoms. The minimum Gasteiger partial charge on any atom is -0.504 e. The molecule has 2 saturated heterocycles. The summed E-state index contributed by atoms with van der Waals surface area (Å²) in [4.78, 5) is 16.9. The van der Waals surface area contributed by atoms with Gasteiger partial charge >= 0.3 is 0 Å². The predicted molar refractivity (Wildman–Crippen MR) is 94.5 cm³/mol. The Morgan fingerprint density at radius 3 is 2.88 bits per heavy atom. The summed E-state index contributed by atoms with van der Waals surface area (Å²) in [5.74, 6) is 0.151. The summed E-state index contributed by atoms with van der Waals surface area (Å²) < 4.78 is 5.88. The number of rotatable bonds is 3. The first kappa shape index (κ1) is 17.4. The van der Waals surface area contributed by atoms with Crippen molar-refractivity contribution in [1.29, 1.82) is 0 Å². The summed E-state index contributed by atoms with van der Waals surface area (Å²) in [5.41, 5.74) is 1.39.